The molecule has 1 aromatic heterocycles. The van der Waals surface area contributed by atoms with Gasteiger partial charge in [-0.2, -0.15) is 0 Å². The maximum atomic E-state index is 12.9. The zero-order valence-corrected chi connectivity index (χ0v) is 17.6. The maximum Gasteiger partial charge on any atom is 0.407 e. The average molecular weight is 458 g/mol. The summed E-state index contributed by atoms with van der Waals surface area (Å²) in [6, 6.07) is 18.5. The number of benzene rings is 2. The zero-order chi connectivity index (χ0) is 22.2. The Morgan fingerprint density at radius 1 is 0.903 bits per heavy atom. The number of halogens is 2. The second kappa shape index (κ2) is 10.6. The summed E-state index contributed by atoms with van der Waals surface area (Å²) in [5.41, 5.74) is 1.11. The van der Waals surface area contributed by atoms with E-state index in [1.165, 1.54) is 12.1 Å². The summed E-state index contributed by atoms with van der Waals surface area (Å²) >= 11 is 12.0. The average Bonchev–Trinajstić information content (AvgIpc) is 2.78. The highest BCUT2D eigenvalue weighted by Crippen LogP contribution is 2.24. The van der Waals surface area contributed by atoms with Crippen LogP contribution in [0.1, 0.15) is 21.6 Å². The van der Waals surface area contributed by atoms with Crippen LogP contribution in [0.5, 0.6) is 0 Å². The SMILES string of the molecule is O=C(CNC(=O)OCc1ccccc1)Nc1ccc(Cl)nc1C(=O)c1ccccc1Cl. The van der Waals surface area contributed by atoms with E-state index in [1.807, 2.05) is 30.3 Å². The minimum atomic E-state index is -0.749. The summed E-state index contributed by atoms with van der Waals surface area (Å²) < 4.78 is 5.05. The van der Waals surface area contributed by atoms with Gasteiger partial charge in [0.05, 0.1) is 10.7 Å². The molecule has 3 rings (SSSR count). The van der Waals surface area contributed by atoms with Crippen molar-refractivity contribution in [2.45, 2.75) is 6.61 Å². The Bertz CT molecular complexity index is 1110. The minimum absolute atomic E-state index is 0.0689. The largest absolute Gasteiger partial charge is 0.445 e. The predicted molar refractivity (Wildman–Crippen MR) is 117 cm³/mol. The van der Waals surface area contributed by atoms with Crippen molar-refractivity contribution in [2.24, 2.45) is 0 Å². The first-order valence-corrected chi connectivity index (χ1v) is 9.90. The molecular weight excluding hydrogens is 441 g/mol. The van der Waals surface area contributed by atoms with Gasteiger partial charge in [-0.3, -0.25) is 9.59 Å². The van der Waals surface area contributed by atoms with E-state index in [0.29, 0.717) is 0 Å². The number of amides is 2. The van der Waals surface area contributed by atoms with E-state index < -0.39 is 17.8 Å². The molecule has 3 aromatic rings. The van der Waals surface area contributed by atoms with Gasteiger partial charge < -0.3 is 15.4 Å². The molecule has 158 valence electrons. The molecule has 2 N–H and O–H groups in total. The third-order valence-electron chi connectivity index (χ3n) is 4.07. The lowest BCUT2D eigenvalue weighted by molar-refractivity contribution is -0.115. The van der Waals surface area contributed by atoms with Gasteiger partial charge in [0.2, 0.25) is 11.7 Å². The number of carbonyl (C=O) groups excluding carboxylic acids is 3. The molecule has 0 unspecified atom stereocenters. The van der Waals surface area contributed by atoms with Crippen LogP contribution in [0.15, 0.2) is 66.7 Å². The number of pyridine rings is 1. The van der Waals surface area contributed by atoms with E-state index in [-0.39, 0.29) is 40.3 Å². The fourth-order valence-electron chi connectivity index (χ4n) is 2.60. The monoisotopic (exact) mass is 457 g/mol. The van der Waals surface area contributed by atoms with Crippen molar-refractivity contribution in [1.82, 2.24) is 10.3 Å². The topological polar surface area (TPSA) is 97.4 Å². The van der Waals surface area contributed by atoms with Crippen LogP contribution in [0.4, 0.5) is 10.5 Å². The number of hydrogen-bond donors (Lipinski definition) is 2. The minimum Gasteiger partial charge on any atom is -0.445 e. The van der Waals surface area contributed by atoms with Crippen LogP contribution in [-0.4, -0.2) is 29.3 Å². The molecule has 9 heteroatoms. The molecule has 0 fully saturated rings. The molecule has 31 heavy (non-hydrogen) atoms. The van der Waals surface area contributed by atoms with Gasteiger partial charge in [-0.25, -0.2) is 9.78 Å². The Kier molecular flexibility index (Phi) is 7.59. The standard InChI is InChI=1S/C22H17Cl2N3O4/c23-16-9-5-4-8-15(16)21(29)20-17(10-11-18(24)27-20)26-19(28)12-25-22(30)31-13-14-6-2-1-3-7-14/h1-11H,12-13H2,(H,25,30)(H,26,28). The molecule has 7 nitrogen and oxygen atoms in total. The van der Waals surface area contributed by atoms with Crippen molar-refractivity contribution < 1.29 is 19.1 Å². The quantitative estimate of drug-likeness (QED) is 0.402. The highest BCUT2D eigenvalue weighted by Gasteiger charge is 2.20. The number of carbonyl (C=O) groups is 3. The summed E-state index contributed by atoms with van der Waals surface area (Å²) in [5.74, 6) is -1.08. The molecule has 0 spiro atoms. The number of alkyl carbamates (subject to hydrolysis) is 1. The fourth-order valence-corrected chi connectivity index (χ4v) is 2.97. The molecule has 0 aliphatic carbocycles. The summed E-state index contributed by atoms with van der Waals surface area (Å²) in [6.07, 6.45) is -0.749. The zero-order valence-electron chi connectivity index (χ0n) is 16.1. The lowest BCUT2D eigenvalue weighted by atomic mass is 10.1. The Balaban J connectivity index is 1.62. The first kappa shape index (κ1) is 22.3. The lowest BCUT2D eigenvalue weighted by Gasteiger charge is -2.11. The molecule has 0 radical (unpaired) electrons. The number of hydrogen-bond acceptors (Lipinski definition) is 5. The van der Waals surface area contributed by atoms with E-state index in [0.717, 1.165) is 5.56 Å². The van der Waals surface area contributed by atoms with Crippen LogP contribution in [0, 0.1) is 0 Å². The van der Waals surface area contributed by atoms with Crippen LogP contribution >= 0.6 is 23.2 Å². The van der Waals surface area contributed by atoms with E-state index in [9.17, 15) is 14.4 Å². The summed E-state index contributed by atoms with van der Waals surface area (Å²) in [4.78, 5) is 41.0. The normalized spacial score (nSPS) is 10.3. The Morgan fingerprint density at radius 3 is 2.35 bits per heavy atom. The number of nitrogens with one attached hydrogen (secondary N) is 2. The molecule has 2 aromatic carbocycles. The number of rotatable bonds is 7. The first-order chi connectivity index (χ1) is 14.9. The Morgan fingerprint density at radius 2 is 1.61 bits per heavy atom. The van der Waals surface area contributed by atoms with Crippen LogP contribution in [0.2, 0.25) is 10.2 Å². The lowest BCUT2D eigenvalue weighted by Crippen LogP contribution is -2.33. The molecule has 0 saturated heterocycles. The fraction of sp³-hybridized carbons (Fsp3) is 0.0909. The number of anilines is 1. The second-order valence-corrected chi connectivity index (χ2v) is 7.10. The molecule has 0 bridgehead atoms. The number of ketones is 1. The van der Waals surface area contributed by atoms with Crippen molar-refractivity contribution in [2.75, 3.05) is 11.9 Å². The van der Waals surface area contributed by atoms with E-state index >= 15 is 0 Å². The van der Waals surface area contributed by atoms with Gasteiger partial charge in [0.1, 0.15) is 24.0 Å². The van der Waals surface area contributed by atoms with Crippen molar-refractivity contribution in [3.8, 4) is 0 Å². The molecule has 0 aliphatic heterocycles. The van der Waals surface area contributed by atoms with Crippen molar-refractivity contribution >= 4 is 46.7 Å². The number of ether oxygens (including phenoxy) is 1. The third kappa shape index (κ3) is 6.28. The number of aromatic nitrogens is 1. The highest BCUT2D eigenvalue weighted by molar-refractivity contribution is 6.35. The van der Waals surface area contributed by atoms with Gasteiger partial charge >= 0.3 is 6.09 Å². The van der Waals surface area contributed by atoms with Gasteiger partial charge in [0.25, 0.3) is 0 Å². The molecular formula is C22H17Cl2N3O4. The predicted octanol–water partition coefficient (Wildman–Crippen LogP) is 4.48. The van der Waals surface area contributed by atoms with Crippen molar-refractivity contribution in [3.63, 3.8) is 0 Å². The molecule has 2 amide bonds. The van der Waals surface area contributed by atoms with Crippen LogP contribution in [0.3, 0.4) is 0 Å². The molecule has 0 aliphatic rings. The van der Waals surface area contributed by atoms with Gasteiger partial charge in [-0.1, -0.05) is 65.7 Å². The van der Waals surface area contributed by atoms with E-state index in [4.69, 9.17) is 27.9 Å². The van der Waals surface area contributed by atoms with Crippen LogP contribution in [0.25, 0.3) is 0 Å². The molecule has 0 atom stereocenters. The Hall–Kier alpha value is -3.42. The van der Waals surface area contributed by atoms with Gasteiger partial charge in [0.15, 0.2) is 0 Å². The molecule has 0 saturated carbocycles. The van der Waals surface area contributed by atoms with Crippen molar-refractivity contribution in [3.05, 3.63) is 93.7 Å². The van der Waals surface area contributed by atoms with Gasteiger partial charge in [0, 0.05) is 5.56 Å². The highest BCUT2D eigenvalue weighted by atomic mass is 35.5. The molecule has 1 heterocycles. The second-order valence-electron chi connectivity index (χ2n) is 6.30. The first-order valence-electron chi connectivity index (χ1n) is 9.14. The third-order valence-corrected chi connectivity index (χ3v) is 4.62. The van der Waals surface area contributed by atoms with Crippen LogP contribution in [-0.2, 0) is 16.1 Å². The van der Waals surface area contributed by atoms with E-state index in [1.54, 1.807) is 24.3 Å². The van der Waals surface area contributed by atoms with Crippen LogP contribution < -0.4 is 10.6 Å². The summed E-state index contributed by atoms with van der Waals surface area (Å²) in [7, 11) is 0. The van der Waals surface area contributed by atoms with Gasteiger partial charge in [-0.15, -0.1) is 0 Å². The van der Waals surface area contributed by atoms with Crippen molar-refractivity contribution in [1.29, 1.82) is 0 Å². The Labute approximate surface area is 188 Å². The smallest absolute Gasteiger partial charge is 0.407 e. The maximum absolute atomic E-state index is 12.9. The summed E-state index contributed by atoms with van der Waals surface area (Å²) in [5, 5.41) is 5.22. The summed E-state index contributed by atoms with van der Waals surface area (Å²) in [6.45, 7) is -0.290. The number of nitrogens with zero attached hydrogens (tertiary/aromatic N) is 1. The van der Waals surface area contributed by atoms with E-state index in [2.05, 4.69) is 15.6 Å². The van der Waals surface area contributed by atoms with Gasteiger partial charge in [-0.05, 0) is 29.8 Å².